The Hall–Kier alpha value is -4.59. The van der Waals surface area contributed by atoms with Crippen LogP contribution in [0.4, 0.5) is 5.69 Å². The first-order chi connectivity index (χ1) is 17.7. The van der Waals surface area contributed by atoms with E-state index in [4.69, 9.17) is 9.47 Å². The maximum atomic E-state index is 13.3. The van der Waals surface area contributed by atoms with Crippen molar-refractivity contribution in [2.24, 2.45) is 0 Å². The number of rotatable bonds is 5. The summed E-state index contributed by atoms with van der Waals surface area (Å²) in [5.41, 5.74) is 2.42. The number of phenolic OH excluding ortho intramolecular Hbond substituents is 1. The fourth-order valence-corrected chi connectivity index (χ4v) is 4.60. The summed E-state index contributed by atoms with van der Waals surface area (Å²) in [7, 11) is 0. The molecule has 0 saturated carbocycles. The molecule has 2 aliphatic heterocycles. The summed E-state index contributed by atoms with van der Waals surface area (Å²) in [5, 5.41) is 21.1. The van der Waals surface area contributed by atoms with Gasteiger partial charge in [0.2, 0.25) is 0 Å². The second-order valence-electron chi connectivity index (χ2n) is 9.18. The average Bonchev–Trinajstić information content (AvgIpc) is 3.46. The van der Waals surface area contributed by atoms with E-state index in [-0.39, 0.29) is 23.2 Å². The van der Waals surface area contributed by atoms with Crippen LogP contribution >= 0.6 is 0 Å². The zero-order valence-electron chi connectivity index (χ0n) is 20.3. The topological polar surface area (TPSA) is 113 Å². The Morgan fingerprint density at radius 1 is 1.00 bits per heavy atom. The van der Waals surface area contributed by atoms with E-state index in [2.05, 4.69) is 0 Å². The van der Waals surface area contributed by atoms with Gasteiger partial charge in [0.15, 0.2) is 0 Å². The number of phenols is 1. The Kier molecular flexibility index (Phi) is 6.17. The van der Waals surface area contributed by atoms with E-state index in [1.54, 1.807) is 56.3 Å². The minimum atomic E-state index is -0.960. The number of aliphatic hydroxyl groups is 1. The van der Waals surface area contributed by atoms with Gasteiger partial charge in [-0.1, -0.05) is 12.1 Å². The van der Waals surface area contributed by atoms with Gasteiger partial charge in [0, 0.05) is 17.7 Å². The van der Waals surface area contributed by atoms with Gasteiger partial charge in [-0.25, -0.2) is 4.79 Å². The number of amides is 1. The second kappa shape index (κ2) is 9.46. The number of aromatic hydroxyl groups is 1. The summed E-state index contributed by atoms with van der Waals surface area (Å²) >= 11 is 0. The van der Waals surface area contributed by atoms with Crippen LogP contribution in [0.1, 0.15) is 46.9 Å². The van der Waals surface area contributed by atoms with Crippen LogP contribution in [-0.4, -0.2) is 40.6 Å². The number of aliphatic hydroxyl groups excluding tert-OH is 1. The summed E-state index contributed by atoms with van der Waals surface area (Å²) in [5.74, 6) is -1.71. The molecule has 8 nitrogen and oxygen atoms in total. The zero-order valence-corrected chi connectivity index (χ0v) is 20.3. The smallest absolute Gasteiger partial charge is 0.338 e. The number of Topliss-reactive ketones (excluding diaryl/α,β-unsaturated/α-hetero) is 1. The molecule has 1 atom stereocenters. The SMILES string of the molecule is CC(C)OC(=O)c1ccc(N2C(=O)C(=O)/C(=C(\O)c3ccc4c(c3)CCO4)C2c2ccc(O)cc2)cc1. The lowest BCUT2D eigenvalue weighted by Gasteiger charge is -2.25. The van der Waals surface area contributed by atoms with Crippen molar-refractivity contribution in [1.82, 2.24) is 0 Å². The highest BCUT2D eigenvalue weighted by atomic mass is 16.5. The molecule has 0 radical (unpaired) electrons. The molecule has 8 heteroatoms. The van der Waals surface area contributed by atoms with E-state index in [1.165, 1.54) is 29.2 Å². The number of ketones is 1. The number of fused-ring (bicyclic) bond motifs is 1. The second-order valence-corrected chi connectivity index (χ2v) is 9.18. The number of benzene rings is 3. The van der Waals surface area contributed by atoms with E-state index in [1.807, 2.05) is 0 Å². The molecule has 2 N–H and O–H groups in total. The molecule has 3 aromatic rings. The van der Waals surface area contributed by atoms with Crippen LogP contribution in [0.2, 0.25) is 0 Å². The molecule has 37 heavy (non-hydrogen) atoms. The van der Waals surface area contributed by atoms with E-state index in [0.717, 1.165) is 11.3 Å². The summed E-state index contributed by atoms with van der Waals surface area (Å²) in [6.45, 7) is 4.03. The molecule has 2 heterocycles. The Morgan fingerprint density at radius 2 is 1.68 bits per heavy atom. The molecule has 188 valence electrons. The molecular formula is C29H25NO7. The van der Waals surface area contributed by atoms with Crippen LogP contribution in [0.25, 0.3) is 5.76 Å². The Morgan fingerprint density at radius 3 is 2.35 bits per heavy atom. The van der Waals surface area contributed by atoms with Gasteiger partial charge >= 0.3 is 5.97 Å². The highest BCUT2D eigenvalue weighted by molar-refractivity contribution is 6.51. The van der Waals surface area contributed by atoms with Crippen molar-refractivity contribution in [2.45, 2.75) is 32.4 Å². The molecule has 0 aromatic heterocycles. The van der Waals surface area contributed by atoms with Crippen molar-refractivity contribution in [1.29, 1.82) is 0 Å². The van der Waals surface area contributed by atoms with Crippen LogP contribution < -0.4 is 9.64 Å². The quantitative estimate of drug-likeness (QED) is 0.230. The molecule has 3 aromatic carbocycles. The first-order valence-electron chi connectivity index (χ1n) is 11.9. The van der Waals surface area contributed by atoms with Crippen LogP contribution in [-0.2, 0) is 20.7 Å². The van der Waals surface area contributed by atoms with Gasteiger partial charge in [-0.05, 0) is 79.6 Å². The normalized spacial score (nSPS) is 18.1. The Bertz CT molecular complexity index is 1420. The fourth-order valence-electron chi connectivity index (χ4n) is 4.60. The molecule has 5 rings (SSSR count). The van der Waals surface area contributed by atoms with Crippen molar-refractivity contribution < 1.29 is 34.1 Å². The average molecular weight is 500 g/mol. The lowest BCUT2D eigenvalue weighted by molar-refractivity contribution is -0.132. The van der Waals surface area contributed by atoms with Crippen LogP contribution in [0, 0.1) is 0 Å². The maximum Gasteiger partial charge on any atom is 0.338 e. The molecular weight excluding hydrogens is 474 g/mol. The summed E-state index contributed by atoms with van der Waals surface area (Å²) < 4.78 is 10.8. The molecule has 0 aliphatic carbocycles. The summed E-state index contributed by atoms with van der Waals surface area (Å²) in [6, 6.07) is 16.4. The lowest BCUT2D eigenvalue weighted by Crippen LogP contribution is -2.29. The van der Waals surface area contributed by atoms with Crippen molar-refractivity contribution in [2.75, 3.05) is 11.5 Å². The third-order valence-corrected chi connectivity index (χ3v) is 6.34. The van der Waals surface area contributed by atoms with Gasteiger partial charge in [0.25, 0.3) is 11.7 Å². The number of esters is 1. The van der Waals surface area contributed by atoms with Gasteiger partial charge in [0.1, 0.15) is 17.3 Å². The third-order valence-electron chi connectivity index (χ3n) is 6.34. The molecule has 1 saturated heterocycles. The van der Waals surface area contributed by atoms with Crippen molar-refractivity contribution in [3.63, 3.8) is 0 Å². The zero-order chi connectivity index (χ0) is 26.3. The minimum Gasteiger partial charge on any atom is -0.508 e. The first-order valence-corrected chi connectivity index (χ1v) is 11.9. The van der Waals surface area contributed by atoms with Gasteiger partial charge in [-0.15, -0.1) is 0 Å². The standard InChI is InChI=1S/C29H25NO7/c1-16(2)37-29(35)18-3-8-21(9-4-18)30-25(17-5-10-22(31)11-6-17)24(27(33)28(30)34)26(32)20-7-12-23-19(15-20)13-14-36-23/h3-12,15-16,25,31-32H,13-14H2,1-2H3/b26-24-. The van der Waals surface area contributed by atoms with Gasteiger partial charge < -0.3 is 19.7 Å². The van der Waals surface area contributed by atoms with Gasteiger partial charge in [0.05, 0.1) is 29.9 Å². The molecule has 0 spiro atoms. The number of hydrogen-bond donors (Lipinski definition) is 2. The number of carbonyl (C=O) groups excluding carboxylic acids is 3. The van der Waals surface area contributed by atoms with Crippen LogP contribution in [0.15, 0.2) is 72.3 Å². The van der Waals surface area contributed by atoms with Crippen LogP contribution in [0.3, 0.4) is 0 Å². The molecule has 1 fully saturated rings. The van der Waals surface area contributed by atoms with E-state index in [0.29, 0.717) is 35.4 Å². The molecule has 0 bridgehead atoms. The molecule has 2 aliphatic rings. The predicted octanol–water partition coefficient (Wildman–Crippen LogP) is 4.52. The molecule has 1 amide bonds. The van der Waals surface area contributed by atoms with E-state index < -0.39 is 23.7 Å². The predicted molar refractivity (Wildman–Crippen MR) is 136 cm³/mol. The highest BCUT2D eigenvalue weighted by Gasteiger charge is 2.47. The summed E-state index contributed by atoms with van der Waals surface area (Å²) in [4.78, 5) is 40.2. The van der Waals surface area contributed by atoms with Crippen molar-refractivity contribution in [3.05, 3.63) is 94.6 Å². The monoisotopic (exact) mass is 499 g/mol. The number of hydrogen-bond acceptors (Lipinski definition) is 7. The molecule has 1 unspecified atom stereocenters. The van der Waals surface area contributed by atoms with Crippen molar-refractivity contribution >= 4 is 29.1 Å². The Balaban J connectivity index is 1.61. The van der Waals surface area contributed by atoms with Crippen LogP contribution in [0.5, 0.6) is 11.5 Å². The maximum absolute atomic E-state index is 13.3. The summed E-state index contributed by atoms with van der Waals surface area (Å²) in [6.07, 6.45) is 0.392. The number of nitrogens with zero attached hydrogens (tertiary/aromatic N) is 1. The van der Waals surface area contributed by atoms with Gasteiger partial charge in [-0.2, -0.15) is 0 Å². The van der Waals surface area contributed by atoms with Crippen molar-refractivity contribution in [3.8, 4) is 11.5 Å². The number of ether oxygens (including phenoxy) is 2. The van der Waals surface area contributed by atoms with Gasteiger partial charge in [-0.3, -0.25) is 14.5 Å². The third kappa shape index (κ3) is 4.42. The lowest BCUT2D eigenvalue weighted by atomic mass is 9.94. The first kappa shape index (κ1) is 24.1. The van der Waals surface area contributed by atoms with E-state index >= 15 is 0 Å². The Labute approximate surface area is 213 Å². The van der Waals surface area contributed by atoms with E-state index in [9.17, 15) is 24.6 Å². The highest BCUT2D eigenvalue weighted by Crippen LogP contribution is 2.43. The fraction of sp³-hybridized carbons (Fsp3) is 0.207. The number of anilines is 1. The minimum absolute atomic E-state index is 0.0207. The number of carbonyl (C=O) groups is 3. The largest absolute Gasteiger partial charge is 0.508 e.